The van der Waals surface area contributed by atoms with Gasteiger partial charge >= 0.3 is 0 Å². The second-order valence-electron chi connectivity index (χ2n) is 5.92. The molecule has 1 aliphatic carbocycles. The van der Waals surface area contributed by atoms with Gasteiger partial charge in [-0.25, -0.2) is 9.97 Å². The molecule has 8 heteroatoms. The average Bonchev–Trinajstić information content (AvgIpc) is 3.11. The van der Waals surface area contributed by atoms with Gasteiger partial charge in [-0.3, -0.25) is 4.79 Å². The van der Waals surface area contributed by atoms with Gasteiger partial charge in [0, 0.05) is 15.8 Å². The van der Waals surface area contributed by atoms with Gasteiger partial charge in [0.2, 0.25) is 0 Å². The molecule has 3 aromatic rings. The first kappa shape index (κ1) is 17.7. The lowest BCUT2D eigenvalue weighted by Gasteiger charge is -2.11. The van der Waals surface area contributed by atoms with Crippen molar-refractivity contribution in [3.05, 3.63) is 36.6 Å². The van der Waals surface area contributed by atoms with E-state index in [0.29, 0.717) is 20.0 Å². The summed E-state index contributed by atoms with van der Waals surface area (Å²) in [6, 6.07) is 1.64. The topological polar surface area (TPSA) is 42.9 Å². The fraction of sp³-hybridized carbons (Fsp3) is 0.353. The lowest BCUT2D eigenvalue weighted by atomic mass is 9.97. The smallest absolute Gasteiger partial charge is 0.175 e. The van der Waals surface area contributed by atoms with Crippen molar-refractivity contribution in [1.29, 1.82) is 0 Å². The molecule has 4 rings (SSSR count). The summed E-state index contributed by atoms with van der Waals surface area (Å²) in [6.45, 7) is 1.90. The summed E-state index contributed by atoms with van der Waals surface area (Å²) in [6.07, 6.45) is 4.65. The molecular formula is C17H14Cl2N2OS3. The number of carbonyl (C=O) groups excluding carboxylic acids is 1. The van der Waals surface area contributed by atoms with Crippen LogP contribution in [0.1, 0.15) is 39.5 Å². The minimum atomic E-state index is -0.0216. The average molecular weight is 429 g/mol. The Balaban J connectivity index is 1.66. The maximum Gasteiger partial charge on any atom is 0.175 e. The van der Waals surface area contributed by atoms with Gasteiger partial charge in [0.15, 0.2) is 5.78 Å². The number of carbonyl (C=O) groups is 1. The minimum Gasteiger partial charge on any atom is -0.293 e. The van der Waals surface area contributed by atoms with Crippen LogP contribution in [-0.2, 0) is 12.8 Å². The Labute approximate surface area is 167 Å². The molecule has 0 radical (unpaired) electrons. The molecule has 0 bridgehead atoms. The lowest BCUT2D eigenvalue weighted by molar-refractivity contribution is 0.102. The number of thiophene rings is 2. The summed E-state index contributed by atoms with van der Waals surface area (Å²) in [4.78, 5) is 24.2. The number of aromatic nitrogens is 2. The summed E-state index contributed by atoms with van der Waals surface area (Å²) < 4.78 is 0.984. The molecule has 130 valence electrons. The Kier molecular flexibility index (Phi) is 5.08. The molecule has 0 spiro atoms. The number of ketones is 1. The molecule has 3 aromatic heterocycles. The van der Waals surface area contributed by atoms with Crippen molar-refractivity contribution in [2.45, 2.75) is 37.6 Å². The molecule has 1 aliphatic rings. The third kappa shape index (κ3) is 3.47. The first-order chi connectivity index (χ1) is 12.0. The third-order valence-electron chi connectivity index (χ3n) is 4.19. The van der Waals surface area contributed by atoms with Gasteiger partial charge in [0.05, 0.1) is 10.1 Å². The highest BCUT2D eigenvalue weighted by Gasteiger charge is 2.22. The maximum absolute atomic E-state index is 12.5. The second kappa shape index (κ2) is 7.16. The van der Waals surface area contributed by atoms with E-state index < -0.39 is 0 Å². The number of aryl methyl sites for hydroxylation is 3. The predicted octanol–water partition coefficient (Wildman–Crippen LogP) is 6.22. The molecule has 0 fully saturated rings. The standard InChI is InChI=1S/C17H14Cl2N2OS3/c1-8-20-16(23-7-11(22)10-6-13(18)25-15(10)19)14-9-4-2-3-5-12(9)24-17(14)21-8/h6H,2-5,7H2,1H3. The molecule has 0 N–H and O–H groups in total. The number of halogens is 2. The number of nitrogens with zero attached hydrogens (tertiary/aromatic N) is 2. The van der Waals surface area contributed by atoms with Crippen LogP contribution in [-0.4, -0.2) is 21.5 Å². The quantitative estimate of drug-likeness (QED) is 0.280. The summed E-state index contributed by atoms with van der Waals surface area (Å²) in [7, 11) is 0. The molecule has 3 nitrogen and oxygen atoms in total. The summed E-state index contributed by atoms with van der Waals surface area (Å²) in [5.74, 6) is 1.02. The monoisotopic (exact) mass is 428 g/mol. The van der Waals surface area contributed by atoms with Crippen LogP contribution >= 0.6 is 57.6 Å². The van der Waals surface area contributed by atoms with Gasteiger partial charge < -0.3 is 0 Å². The Bertz CT molecular complexity index is 980. The number of hydrogen-bond donors (Lipinski definition) is 0. The van der Waals surface area contributed by atoms with E-state index in [-0.39, 0.29) is 5.78 Å². The van der Waals surface area contributed by atoms with Crippen molar-refractivity contribution in [2.24, 2.45) is 0 Å². The Hall–Kier alpha value is -0.660. The van der Waals surface area contributed by atoms with Crippen LogP contribution in [0.4, 0.5) is 0 Å². The highest BCUT2D eigenvalue weighted by molar-refractivity contribution is 8.00. The molecular weight excluding hydrogens is 415 g/mol. The van der Waals surface area contributed by atoms with Crippen LogP contribution in [0.3, 0.4) is 0 Å². The normalized spacial score (nSPS) is 14.0. The number of thioether (sulfide) groups is 1. The van der Waals surface area contributed by atoms with Crippen LogP contribution in [0.25, 0.3) is 10.2 Å². The largest absolute Gasteiger partial charge is 0.293 e. The molecule has 3 heterocycles. The van der Waals surface area contributed by atoms with Crippen molar-refractivity contribution in [3.63, 3.8) is 0 Å². The van der Waals surface area contributed by atoms with E-state index >= 15 is 0 Å². The fourth-order valence-electron chi connectivity index (χ4n) is 3.07. The highest BCUT2D eigenvalue weighted by Crippen LogP contribution is 2.40. The van der Waals surface area contributed by atoms with Crippen LogP contribution < -0.4 is 0 Å². The summed E-state index contributed by atoms with van der Waals surface area (Å²) >= 11 is 16.5. The van der Waals surface area contributed by atoms with Gasteiger partial charge in [0.1, 0.15) is 20.0 Å². The van der Waals surface area contributed by atoms with E-state index in [2.05, 4.69) is 9.97 Å². The Morgan fingerprint density at radius 2 is 2.04 bits per heavy atom. The number of fused-ring (bicyclic) bond motifs is 3. The van der Waals surface area contributed by atoms with Crippen molar-refractivity contribution in [1.82, 2.24) is 9.97 Å². The van der Waals surface area contributed by atoms with Crippen LogP contribution in [0.2, 0.25) is 8.67 Å². The van der Waals surface area contributed by atoms with E-state index in [9.17, 15) is 4.79 Å². The fourth-order valence-corrected chi connectivity index (χ4v) is 6.93. The third-order valence-corrected chi connectivity index (χ3v) is 7.84. The molecule has 0 saturated heterocycles. The second-order valence-corrected chi connectivity index (χ2v) is 10.3. The first-order valence-corrected chi connectivity index (χ1v) is 11.3. The van der Waals surface area contributed by atoms with Crippen molar-refractivity contribution in [2.75, 3.05) is 5.75 Å². The predicted molar refractivity (Wildman–Crippen MR) is 108 cm³/mol. The number of hydrogen-bond acceptors (Lipinski definition) is 6. The summed E-state index contributed by atoms with van der Waals surface area (Å²) in [5.41, 5.74) is 1.89. The zero-order chi connectivity index (χ0) is 17.6. The van der Waals surface area contributed by atoms with Gasteiger partial charge in [0.25, 0.3) is 0 Å². The minimum absolute atomic E-state index is 0.0216. The zero-order valence-electron chi connectivity index (χ0n) is 13.4. The van der Waals surface area contributed by atoms with Crippen molar-refractivity contribution >= 4 is 73.6 Å². The molecule has 0 unspecified atom stereocenters. The van der Waals surface area contributed by atoms with E-state index in [1.807, 2.05) is 6.92 Å². The molecule has 0 aromatic carbocycles. The number of rotatable bonds is 4. The van der Waals surface area contributed by atoms with Crippen LogP contribution in [0.5, 0.6) is 0 Å². The number of Topliss-reactive ketones (excluding diaryl/α,β-unsaturated/α-hetero) is 1. The molecule has 0 atom stereocenters. The molecule has 0 saturated carbocycles. The summed E-state index contributed by atoms with van der Waals surface area (Å²) in [5, 5.41) is 2.06. The highest BCUT2D eigenvalue weighted by atomic mass is 35.5. The van der Waals surface area contributed by atoms with Crippen LogP contribution in [0, 0.1) is 6.92 Å². The van der Waals surface area contributed by atoms with Gasteiger partial charge in [-0.2, -0.15) is 0 Å². The van der Waals surface area contributed by atoms with Gasteiger partial charge in [-0.1, -0.05) is 35.0 Å². The van der Waals surface area contributed by atoms with Crippen molar-refractivity contribution < 1.29 is 4.79 Å². The molecule has 0 amide bonds. The Morgan fingerprint density at radius 1 is 1.24 bits per heavy atom. The molecule has 0 aliphatic heterocycles. The van der Waals surface area contributed by atoms with Crippen LogP contribution in [0.15, 0.2) is 11.1 Å². The van der Waals surface area contributed by atoms with Crippen molar-refractivity contribution in [3.8, 4) is 0 Å². The SMILES string of the molecule is Cc1nc(SCC(=O)c2cc(Cl)sc2Cl)c2c3c(sc2n1)CCCC3. The first-order valence-electron chi connectivity index (χ1n) is 7.92. The van der Waals surface area contributed by atoms with Gasteiger partial charge in [-0.15, -0.1) is 22.7 Å². The van der Waals surface area contributed by atoms with E-state index in [4.69, 9.17) is 23.2 Å². The maximum atomic E-state index is 12.5. The lowest BCUT2D eigenvalue weighted by Crippen LogP contribution is -2.03. The molecule has 25 heavy (non-hydrogen) atoms. The van der Waals surface area contributed by atoms with E-state index in [0.717, 1.165) is 33.9 Å². The zero-order valence-corrected chi connectivity index (χ0v) is 17.4. The van der Waals surface area contributed by atoms with E-state index in [1.54, 1.807) is 17.4 Å². The van der Waals surface area contributed by atoms with E-state index in [1.165, 1.54) is 46.4 Å². The Morgan fingerprint density at radius 3 is 2.80 bits per heavy atom. The van der Waals surface area contributed by atoms with Gasteiger partial charge in [-0.05, 0) is 44.2 Å².